The van der Waals surface area contributed by atoms with Crippen LogP contribution in [-0.4, -0.2) is 96.0 Å². The van der Waals surface area contributed by atoms with E-state index < -0.39 is 71.2 Å². The zero-order chi connectivity index (χ0) is 40.6. The van der Waals surface area contributed by atoms with Gasteiger partial charge in [-0.05, 0) is 38.5 Å². The van der Waals surface area contributed by atoms with Crippen LogP contribution in [0.2, 0.25) is 0 Å². The third kappa shape index (κ3) is 28.4. The van der Waals surface area contributed by atoms with Crippen LogP contribution in [0, 0.1) is 0 Å². The standard InChI is InChI=1S/C42H78O12S/c1-3-5-7-9-11-13-15-17-18-19-21-23-25-27-29-31-38(44)53-35(33-52-42-41(47)40(46)39(45)36(54-42)34-55(48,49)50)32-51-37(43)30-28-26-24-22-20-16-14-12-10-8-6-4-2/h17-18,35-36,39-42,45-47H,3-16,19-34H2,1-2H3,(H,48,49,50)/b18-17-. The number of allylic oxidation sites excluding steroid dienone is 2. The Morgan fingerprint density at radius 1 is 0.600 bits per heavy atom. The lowest BCUT2D eigenvalue weighted by atomic mass is 10.00. The highest BCUT2D eigenvalue weighted by molar-refractivity contribution is 7.85. The topological polar surface area (TPSA) is 186 Å². The number of rotatable bonds is 36. The van der Waals surface area contributed by atoms with Crippen LogP contribution >= 0.6 is 0 Å². The molecule has 1 saturated heterocycles. The van der Waals surface area contributed by atoms with Crippen molar-refractivity contribution in [2.75, 3.05) is 19.0 Å². The van der Waals surface area contributed by atoms with Crippen molar-refractivity contribution < 1.29 is 56.8 Å². The first-order chi connectivity index (χ1) is 26.5. The molecule has 0 radical (unpaired) electrons. The highest BCUT2D eigenvalue weighted by Gasteiger charge is 2.46. The second-order valence-corrected chi connectivity index (χ2v) is 16.9. The van der Waals surface area contributed by atoms with Crippen molar-refractivity contribution in [2.45, 2.75) is 224 Å². The predicted octanol–water partition coefficient (Wildman–Crippen LogP) is 8.28. The Kier molecular flexibility index (Phi) is 31.2. The van der Waals surface area contributed by atoms with Gasteiger partial charge in [-0.15, -0.1) is 0 Å². The van der Waals surface area contributed by atoms with Gasteiger partial charge in [0.15, 0.2) is 12.4 Å². The van der Waals surface area contributed by atoms with Crippen LogP contribution in [0.15, 0.2) is 12.2 Å². The quantitative estimate of drug-likeness (QED) is 0.0206. The van der Waals surface area contributed by atoms with Crippen LogP contribution in [-0.2, 0) is 38.7 Å². The third-order valence-electron chi connectivity index (χ3n) is 10.1. The largest absolute Gasteiger partial charge is 0.462 e. The molecular weight excluding hydrogens is 729 g/mol. The molecule has 0 bridgehead atoms. The van der Waals surface area contributed by atoms with Crippen LogP contribution in [0.4, 0.5) is 0 Å². The molecule has 0 saturated carbocycles. The summed E-state index contributed by atoms with van der Waals surface area (Å²) in [5.74, 6) is -1.98. The van der Waals surface area contributed by atoms with E-state index in [1.165, 1.54) is 89.9 Å². The minimum Gasteiger partial charge on any atom is -0.462 e. The summed E-state index contributed by atoms with van der Waals surface area (Å²) in [5.41, 5.74) is 0. The fourth-order valence-corrected chi connectivity index (χ4v) is 7.36. The summed E-state index contributed by atoms with van der Waals surface area (Å²) in [6, 6.07) is 0. The molecule has 13 heteroatoms. The number of carbonyl (C=O) groups is 2. The minimum atomic E-state index is -4.60. The number of esters is 2. The molecule has 6 unspecified atom stereocenters. The Bertz CT molecular complexity index is 1080. The maximum absolute atomic E-state index is 12.8. The fraction of sp³-hybridized carbons (Fsp3) is 0.905. The first-order valence-corrected chi connectivity index (χ1v) is 23.4. The smallest absolute Gasteiger partial charge is 0.306 e. The molecule has 1 aliphatic rings. The molecule has 324 valence electrons. The number of ether oxygens (including phenoxy) is 4. The van der Waals surface area contributed by atoms with E-state index in [4.69, 9.17) is 18.9 Å². The molecule has 0 aromatic heterocycles. The Labute approximate surface area is 333 Å². The summed E-state index contributed by atoms with van der Waals surface area (Å²) < 4.78 is 53.9. The first-order valence-electron chi connectivity index (χ1n) is 21.7. The summed E-state index contributed by atoms with van der Waals surface area (Å²) in [6.07, 6.45) is 24.0. The Morgan fingerprint density at radius 2 is 1.04 bits per heavy atom. The maximum Gasteiger partial charge on any atom is 0.306 e. The molecular formula is C42H78O12S. The van der Waals surface area contributed by atoms with Gasteiger partial charge in [0, 0.05) is 12.8 Å². The second-order valence-electron chi connectivity index (χ2n) is 15.4. The lowest BCUT2D eigenvalue weighted by molar-refractivity contribution is -0.297. The molecule has 0 amide bonds. The Hall–Kier alpha value is -1.61. The van der Waals surface area contributed by atoms with Crippen molar-refractivity contribution >= 4 is 22.1 Å². The predicted molar refractivity (Wildman–Crippen MR) is 215 cm³/mol. The van der Waals surface area contributed by atoms with Gasteiger partial charge in [-0.1, -0.05) is 148 Å². The van der Waals surface area contributed by atoms with Crippen molar-refractivity contribution in [3.63, 3.8) is 0 Å². The van der Waals surface area contributed by atoms with Crippen LogP contribution < -0.4 is 0 Å². The number of hydrogen-bond donors (Lipinski definition) is 4. The van der Waals surface area contributed by atoms with Gasteiger partial charge in [0.2, 0.25) is 0 Å². The van der Waals surface area contributed by atoms with Gasteiger partial charge >= 0.3 is 11.9 Å². The number of carbonyl (C=O) groups excluding carboxylic acids is 2. The SMILES string of the molecule is CCCCCCCC/C=C\CCCCCCCC(=O)OC(COC(=O)CCCCCCCCCCCCCC)COC1OC(CS(=O)(=O)O)C(O)C(O)C1O. The molecule has 1 aliphatic heterocycles. The monoisotopic (exact) mass is 807 g/mol. The molecule has 1 rings (SSSR count). The Morgan fingerprint density at radius 3 is 1.51 bits per heavy atom. The molecule has 1 heterocycles. The summed E-state index contributed by atoms with van der Waals surface area (Å²) >= 11 is 0. The fourth-order valence-electron chi connectivity index (χ4n) is 6.67. The summed E-state index contributed by atoms with van der Waals surface area (Å²) in [7, 11) is -4.60. The summed E-state index contributed by atoms with van der Waals surface area (Å²) in [5, 5.41) is 30.8. The lowest BCUT2D eigenvalue weighted by Gasteiger charge is -2.40. The third-order valence-corrected chi connectivity index (χ3v) is 10.8. The number of unbranched alkanes of at least 4 members (excludes halogenated alkanes) is 22. The number of aliphatic hydroxyl groups excluding tert-OH is 3. The van der Waals surface area contributed by atoms with Gasteiger partial charge < -0.3 is 34.3 Å². The average molecular weight is 807 g/mol. The zero-order valence-corrected chi connectivity index (χ0v) is 35.1. The molecule has 0 aromatic carbocycles. The van der Waals surface area contributed by atoms with E-state index >= 15 is 0 Å². The lowest BCUT2D eigenvalue weighted by Crippen LogP contribution is -2.60. The van der Waals surface area contributed by atoms with E-state index in [1.54, 1.807) is 0 Å². The average Bonchev–Trinajstić information content (AvgIpc) is 3.14. The first kappa shape index (κ1) is 51.4. The van der Waals surface area contributed by atoms with E-state index in [9.17, 15) is 37.9 Å². The van der Waals surface area contributed by atoms with Crippen molar-refractivity contribution in [3.8, 4) is 0 Å². The van der Waals surface area contributed by atoms with E-state index in [0.29, 0.717) is 12.8 Å². The Balaban J connectivity index is 2.47. The highest BCUT2D eigenvalue weighted by atomic mass is 32.2. The van der Waals surface area contributed by atoms with E-state index in [-0.39, 0.29) is 19.4 Å². The van der Waals surface area contributed by atoms with Gasteiger partial charge in [0.05, 0.1) is 6.61 Å². The van der Waals surface area contributed by atoms with Crippen LogP contribution in [0.3, 0.4) is 0 Å². The van der Waals surface area contributed by atoms with Gasteiger partial charge in [0.1, 0.15) is 36.8 Å². The van der Waals surface area contributed by atoms with E-state index in [1.807, 2.05) is 0 Å². The molecule has 0 aromatic rings. The van der Waals surface area contributed by atoms with Gasteiger partial charge in [-0.25, -0.2) is 0 Å². The molecule has 1 fully saturated rings. The van der Waals surface area contributed by atoms with Crippen molar-refractivity contribution in [1.29, 1.82) is 0 Å². The molecule has 55 heavy (non-hydrogen) atoms. The van der Waals surface area contributed by atoms with Gasteiger partial charge in [0.25, 0.3) is 10.1 Å². The number of aliphatic hydroxyl groups is 3. The molecule has 0 aliphatic carbocycles. The van der Waals surface area contributed by atoms with Crippen molar-refractivity contribution in [1.82, 2.24) is 0 Å². The highest BCUT2D eigenvalue weighted by Crippen LogP contribution is 2.24. The van der Waals surface area contributed by atoms with Gasteiger partial charge in [-0.2, -0.15) is 8.42 Å². The van der Waals surface area contributed by atoms with Crippen molar-refractivity contribution in [2.24, 2.45) is 0 Å². The van der Waals surface area contributed by atoms with Crippen molar-refractivity contribution in [3.05, 3.63) is 12.2 Å². The normalized spacial score (nSPS) is 20.9. The van der Waals surface area contributed by atoms with E-state index in [0.717, 1.165) is 57.8 Å². The second kappa shape index (κ2) is 33.4. The molecule has 4 N–H and O–H groups in total. The molecule has 12 nitrogen and oxygen atoms in total. The van der Waals surface area contributed by atoms with Crippen LogP contribution in [0.5, 0.6) is 0 Å². The molecule has 0 spiro atoms. The van der Waals surface area contributed by atoms with Crippen LogP contribution in [0.25, 0.3) is 0 Å². The van der Waals surface area contributed by atoms with E-state index in [2.05, 4.69) is 26.0 Å². The summed E-state index contributed by atoms with van der Waals surface area (Å²) in [6.45, 7) is 3.74. The summed E-state index contributed by atoms with van der Waals surface area (Å²) in [4.78, 5) is 25.3. The van der Waals surface area contributed by atoms with Gasteiger partial charge in [-0.3, -0.25) is 14.1 Å². The minimum absolute atomic E-state index is 0.158. The number of hydrogen-bond acceptors (Lipinski definition) is 11. The molecule has 6 atom stereocenters. The zero-order valence-electron chi connectivity index (χ0n) is 34.3. The maximum atomic E-state index is 12.8. The van der Waals surface area contributed by atoms with Crippen LogP contribution in [0.1, 0.15) is 187 Å².